The van der Waals surface area contributed by atoms with Crippen LogP contribution in [0.1, 0.15) is 73.0 Å². The molecule has 0 aliphatic carbocycles. The van der Waals surface area contributed by atoms with Gasteiger partial charge in [0.2, 0.25) is 0 Å². The Morgan fingerprint density at radius 2 is 1.13 bits per heavy atom. The van der Waals surface area contributed by atoms with Gasteiger partial charge in [0.05, 0.1) is 20.3 Å². The van der Waals surface area contributed by atoms with Crippen LogP contribution in [0, 0.1) is 0 Å². The van der Waals surface area contributed by atoms with Crippen LogP contribution in [-0.2, 0) is 18.7 Å². The van der Waals surface area contributed by atoms with Gasteiger partial charge < -0.3 is 23.4 Å². The number of amides is 1. The van der Waals surface area contributed by atoms with Gasteiger partial charge >= 0.3 is 59.7 Å². The largest absolute Gasteiger partial charge is 0.497 e. The number of esters is 1. The Bertz CT molecular complexity index is 2070. The molecule has 2 aromatic rings. The number of halogens is 17. The van der Waals surface area contributed by atoms with E-state index < -0.39 is 111 Å². The first-order valence-corrected chi connectivity index (χ1v) is 22.8. The van der Waals surface area contributed by atoms with E-state index in [1.165, 1.54) is 65.1 Å². The van der Waals surface area contributed by atoms with Crippen molar-refractivity contribution in [3.8, 4) is 11.5 Å². The quantitative estimate of drug-likeness (QED) is 0.0264. The van der Waals surface area contributed by atoms with E-state index in [0.717, 1.165) is 0 Å². The van der Waals surface area contributed by atoms with E-state index in [9.17, 15) is 75.4 Å². The number of alkyl halides is 17. The summed E-state index contributed by atoms with van der Waals surface area (Å²) in [7, 11) is -2.57. The number of anilines is 1. The highest BCUT2D eigenvalue weighted by molar-refractivity contribution is 6.76. The fourth-order valence-corrected chi connectivity index (χ4v) is 11.3. The Morgan fingerprint density at radius 1 is 0.652 bits per heavy atom. The standard InChI is InChI=1S/C43H50F17NO7Si/c1-9-65-34(62)24-28(7)22-27(6)23-33(68-35(63)61-30-12-16-31(64-8)17-13-30)29-10-14-32(15-11-29)66-19-20-67-69(25(2)3,26(4)5)21-18-36(44,45)37(46,47)38(48,49)39(50,51)40(52,53)41(54,55)42(56,57)43(58,59)60/h10-17,22,24-26,33H,9,18-21,23H2,1-8H3,(H,61,63)/b27-22+,28-24+/t33-/m0/s1. The van der Waals surface area contributed by atoms with Gasteiger partial charge in [-0.1, -0.05) is 51.5 Å². The van der Waals surface area contributed by atoms with Crippen LogP contribution in [-0.4, -0.2) is 94.9 Å². The van der Waals surface area contributed by atoms with Crippen molar-refractivity contribution in [3.05, 3.63) is 77.4 Å². The topological polar surface area (TPSA) is 92.3 Å². The van der Waals surface area contributed by atoms with E-state index in [-0.39, 0.29) is 18.8 Å². The van der Waals surface area contributed by atoms with Crippen molar-refractivity contribution in [1.29, 1.82) is 0 Å². The van der Waals surface area contributed by atoms with Crippen molar-refractivity contribution < 1.29 is 108 Å². The first kappa shape index (κ1) is 60.4. The van der Waals surface area contributed by atoms with Gasteiger partial charge in [-0.25, -0.2) is 9.59 Å². The highest BCUT2D eigenvalue weighted by Crippen LogP contribution is 2.64. The number of carbonyl (C=O) groups is 2. The minimum absolute atomic E-state index is 0.101. The Kier molecular flexibility index (Phi) is 19.7. The van der Waals surface area contributed by atoms with E-state index in [1.807, 2.05) is 0 Å². The van der Waals surface area contributed by atoms with E-state index in [4.69, 9.17) is 23.4 Å². The summed E-state index contributed by atoms with van der Waals surface area (Å²) in [6.45, 7) is 9.45. The molecule has 0 spiro atoms. The number of hydrogen-bond donors (Lipinski definition) is 1. The van der Waals surface area contributed by atoms with Gasteiger partial charge in [-0.3, -0.25) is 5.32 Å². The Labute approximate surface area is 386 Å². The lowest BCUT2D eigenvalue weighted by Gasteiger charge is -2.44. The van der Waals surface area contributed by atoms with Crippen molar-refractivity contribution >= 4 is 26.1 Å². The smallest absolute Gasteiger partial charge is 0.460 e. The highest BCUT2D eigenvalue weighted by atomic mass is 28.4. The van der Waals surface area contributed by atoms with Crippen molar-refractivity contribution in [2.45, 2.75) is 132 Å². The molecule has 8 nitrogen and oxygen atoms in total. The summed E-state index contributed by atoms with van der Waals surface area (Å²) < 4.78 is 264. The summed E-state index contributed by atoms with van der Waals surface area (Å²) in [6, 6.07) is 10.8. The Morgan fingerprint density at radius 3 is 1.59 bits per heavy atom. The van der Waals surface area contributed by atoms with E-state index in [2.05, 4.69) is 5.32 Å². The molecule has 1 amide bonds. The lowest BCUT2D eigenvalue weighted by atomic mass is 9.88. The molecule has 0 aliphatic rings. The maximum absolute atomic E-state index is 15.0. The molecule has 0 radical (unpaired) electrons. The maximum atomic E-state index is 15.0. The normalized spacial score (nSPS) is 14.8. The molecule has 0 saturated heterocycles. The second kappa shape index (κ2) is 22.6. The third kappa shape index (κ3) is 13.2. The summed E-state index contributed by atoms with van der Waals surface area (Å²) in [5, 5.41) is 2.58. The summed E-state index contributed by atoms with van der Waals surface area (Å²) in [4.78, 5) is 24.9. The molecule has 69 heavy (non-hydrogen) atoms. The molecule has 0 saturated carbocycles. The van der Waals surface area contributed by atoms with E-state index in [0.29, 0.717) is 28.1 Å². The number of allylic oxidation sites excluding steroid dienone is 2. The molecule has 0 bridgehead atoms. The first-order valence-electron chi connectivity index (χ1n) is 20.6. The van der Waals surface area contributed by atoms with Gasteiger partial charge in [-0.2, -0.15) is 74.6 Å². The highest BCUT2D eigenvalue weighted by Gasteiger charge is 2.95. The number of nitrogens with one attached hydrogen (secondary N) is 1. The predicted molar refractivity (Wildman–Crippen MR) is 219 cm³/mol. The second-order valence-corrected chi connectivity index (χ2v) is 21.3. The molecule has 0 aliphatic heterocycles. The molecule has 1 atom stereocenters. The number of ether oxygens (including phenoxy) is 4. The summed E-state index contributed by atoms with van der Waals surface area (Å²) in [5.41, 5.74) is 0.178. The summed E-state index contributed by atoms with van der Waals surface area (Å²) >= 11 is 0. The van der Waals surface area contributed by atoms with Gasteiger partial charge in [-0.15, -0.1) is 0 Å². The van der Waals surface area contributed by atoms with Crippen molar-refractivity contribution in [2.75, 3.05) is 32.2 Å². The van der Waals surface area contributed by atoms with Crippen LogP contribution in [0.15, 0.2) is 71.8 Å². The average molecular weight is 1040 g/mol. The predicted octanol–water partition coefficient (Wildman–Crippen LogP) is 14.4. The van der Waals surface area contributed by atoms with Crippen molar-refractivity contribution in [3.63, 3.8) is 0 Å². The van der Waals surface area contributed by atoms with Crippen LogP contribution in [0.3, 0.4) is 0 Å². The van der Waals surface area contributed by atoms with Gasteiger partial charge in [0.15, 0.2) is 8.32 Å². The fourth-order valence-electron chi connectivity index (χ4n) is 6.86. The van der Waals surface area contributed by atoms with Crippen LogP contribution in [0.2, 0.25) is 17.1 Å². The number of methoxy groups -OCH3 is 1. The third-order valence-electron chi connectivity index (χ3n) is 10.7. The second-order valence-electron chi connectivity index (χ2n) is 16.3. The molecule has 2 rings (SSSR count). The van der Waals surface area contributed by atoms with E-state index >= 15 is 8.78 Å². The monoisotopic (exact) mass is 1040 g/mol. The zero-order valence-corrected chi connectivity index (χ0v) is 39.0. The summed E-state index contributed by atoms with van der Waals surface area (Å²) in [5.74, 6) is -56.8. The fraction of sp³-hybridized carbons (Fsp3) is 0.581. The van der Waals surface area contributed by atoms with E-state index in [1.54, 1.807) is 51.1 Å². The summed E-state index contributed by atoms with van der Waals surface area (Å²) in [6.07, 6.45) is -9.20. The van der Waals surface area contributed by atoms with Crippen molar-refractivity contribution in [2.24, 2.45) is 0 Å². The minimum Gasteiger partial charge on any atom is -0.497 e. The minimum atomic E-state index is -8.70. The van der Waals surface area contributed by atoms with Gasteiger partial charge in [0.1, 0.15) is 24.2 Å². The molecule has 2 aromatic carbocycles. The molecule has 0 heterocycles. The Balaban J connectivity index is 2.32. The zero-order chi connectivity index (χ0) is 53.4. The van der Waals surface area contributed by atoms with Crippen LogP contribution < -0.4 is 14.8 Å². The van der Waals surface area contributed by atoms with Gasteiger partial charge in [0, 0.05) is 24.6 Å². The van der Waals surface area contributed by atoms with Crippen molar-refractivity contribution in [1.82, 2.24) is 0 Å². The molecule has 1 N–H and O–H groups in total. The lowest BCUT2D eigenvalue weighted by molar-refractivity contribution is -0.461. The molecular weight excluding hydrogens is 994 g/mol. The molecular formula is C43H50F17NO7Si. The van der Waals surface area contributed by atoms with Gasteiger partial charge in [-0.05, 0) is 85.4 Å². The zero-order valence-electron chi connectivity index (χ0n) is 38.0. The van der Waals surface area contributed by atoms with Crippen LogP contribution in [0.5, 0.6) is 11.5 Å². The molecule has 0 fully saturated rings. The molecule has 26 heteroatoms. The Hall–Kier alpha value is -4.75. The number of rotatable bonds is 25. The van der Waals surface area contributed by atoms with Crippen LogP contribution in [0.25, 0.3) is 0 Å². The molecule has 0 aromatic heterocycles. The first-order chi connectivity index (χ1) is 31.3. The number of hydrogen-bond acceptors (Lipinski definition) is 7. The van der Waals surface area contributed by atoms with Crippen LogP contribution in [0.4, 0.5) is 85.1 Å². The number of benzene rings is 2. The molecule has 392 valence electrons. The van der Waals surface area contributed by atoms with Gasteiger partial charge in [0.25, 0.3) is 0 Å². The SMILES string of the molecule is CCOC(=O)/C=C(C)/C=C(\C)C[C@H](OC(=O)Nc1ccc(OC)cc1)c1ccc(OCCO[Si](CCC(F)(F)C(F)(F)C(F)(F)C(F)(F)C(F)(F)C(F)(F)C(F)(F)C(F)(F)F)(C(C)C)C(C)C)cc1. The maximum Gasteiger partial charge on any atom is 0.460 e. The lowest BCUT2D eigenvalue weighted by Crippen LogP contribution is -2.74. The number of carbonyl (C=O) groups excluding carboxylic acids is 2. The third-order valence-corrected chi connectivity index (χ3v) is 16.4. The molecule has 0 unspecified atom stereocenters. The average Bonchev–Trinajstić information content (AvgIpc) is 3.22. The van der Waals surface area contributed by atoms with Crippen LogP contribution >= 0.6 is 0 Å².